The van der Waals surface area contributed by atoms with Crippen molar-refractivity contribution in [2.45, 2.75) is 24.8 Å². The Labute approximate surface area is 177 Å². The Morgan fingerprint density at radius 1 is 1.10 bits per heavy atom. The first kappa shape index (κ1) is 19.8. The van der Waals surface area contributed by atoms with Crippen molar-refractivity contribution in [3.05, 3.63) is 82.2 Å². The Kier molecular flexibility index (Phi) is 5.78. The van der Waals surface area contributed by atoms with Crippen LogP contribution in [0.5, 0.6) is 0 Å². The van der Waals surface area contributed by atoms with Crippen LogP contribution in [0.4, 0.5) is 10.2 Å². The molecule has 0 radical (unpaired) electrons. The lowest BCUT2D eigenvalue weighted by molar-refractivity contribution is -0.125. The molecule has 0 saturated carbocycles. The van der Waals surface area contributed by atoms with Crippen LogP contribution in [-0.4, -0.2) is 28.9 Å². The van der Waals surface area contributed by atoms with Crippen molar-refractivity contribution >= 4 is 27.7 Å². The summed E-state index contributed by atoms with van der Waals surface area (Å²) in [5.41, 5.74) is 1.13. The first-order valence-corrected chi connectivity index (χ1v) is 10.3. The fraction of sp³-hybridized carbons (Fsp3) is 0.273. The van der Waals surface area contributed by atoms with E-state index >= 15 is 0 Å². The summed E-state index contributed by atoms with van der Waals surface area (Å²) in [6, 6.07) is 15.9. The van der Waals surface area contributed by atoms with Crippen molar-refractivity contribution in [2.24, 2.45) is 0 Å². The molecule has 1 aliphatic heterocycles. The molecule has 2 aromatic carbocycles. The number of amides is 1. The molecule has 0 aliphatic carbocycles. The maximum absolute atomic E-state index is 13.4. The number of hydrogen-bond acceptors (Lipinski definition) is 3. The standard InChI is InChI=1S/C22H21BrFN3O2/c23-18-5-1-16(2-6-18)15-27-20(9-12-25-27)26-21(28)22(10-13-29-14-11-22)17-3-7-19(24)8-4-17/h1-9,12H,10-11,13-15H2,(H,26,28). The fourth-order valence-corrected chi connectivity index (χ4v) is 3.96. The van der Waals surface area contributed by atoms with E-state index in [1.807, 2.05) is 24.3 Å². The molecule has 2 heterocycles. The summed E-state index contributed by atoms with van der Waals surface area (Å²) >= 11 is 3.43. The first-order chi connectivity index (χ1) is 14.1. The third-order valence-electron chi connectivity index (χ3n) is 5.38. The predicted octanol–water partition coefficient (Wildman–Crippen LogP) is 4.52. The van der Waals surface area contributed by atoms with Gasteiger partial charge in [0, 0.05) is 23.8 Å². The molecule has 1 N–H and O–H groups in total. The van der Waals surface area contributed by atoms with Crippen LogP contribution in [0.3, 0.4) is 0 Å². The zero-order valence-electron chi connectivity index (χ0n) is 15.8. The van der Waals surface area contributed by atoms with E-state index < -0.39 is 5.41 Å². The second kappa shape index (κ2) is 8.47. The largest absolute Gasteiger partial charge is 0.381 e. The van der Waals surface area contributed by atoms with E-state index in [1.165, 1.54) is 12.1 Å². The number of halogens is 2. The first-order valence-electron chi connectivity index (χ1n) is 9.48. The Bertz CT molecular complexity index is 980. The quantitative estimate of drug-likeness (QED) is 0.612. The van der Waals surface area contributed by atoms with E-state index in [4.69, 9.17) is 4.74 Å². The number of hydrogen-bond donors (Lipinski definition) is 1. The number of anilines is 1. The van der Waals surface area contributed by atoms with Gasteiger partial charge in [-0.25, -0.2) is 9.07 Å². The molecule has 1 saturated heterocycles. The molecule has 1 aromatic heterocycles. The Hall–Kier alpha value is -2.51. The molecule has 1 aliphatic rings. The zero-order chi connectivity index (χ0) is 20.3. The summed E-state index contributed by atoms with van der Waals surface area (Å²) < 4.78 is 21.7. The van der Waals surface area contributed by atoms with Gasteiger partial charge in [0.2, 0.25) is 5.91 Å². The number of nitrogens with one attached hydrogen (secondary N) is 1. The molecular formula is C22H21BrFN3O2. The molecule has 7 heteroatoms. The van der Waals surface area contributed by atoms with Crippen LogP contribution in [0.15, 0.2) is 65.3 Å². The predicted molar refractivity (Wildman–Crippen MR) is 112 cm³/mol. The monoisotopic (exact) mass is 457 g/mol. The van der Waals surface area contributed by atoms with Gasteiger partial charge in [-0.05, 0) is 48.2 Å². The van der Waals surface area contributed by atoms with Crippen LogP contribution in [0.1, 0.15) is 24.0 Å². The zero-order valence-corrected chi connectivity index (χ0v) is 17.4. The topological polar surface area (TPSA) is 56.2 Å². The van der Waals surface area contributed by atoms with E-state index in [1.54, 1.807) is 29.1 Å². The van der Waals surface area contributed by atoms with Crippen LogP contribution in [0.25, 0.3) is 0 Å². The summed E-state index contributed by atoms with van der Waals surface area (Å²) in [4.78, 5) is 13.4. The van der Waals surface area contributed by atoms with E-state index in [0.717, 1.165) is 15.6 Å². The van der Waals surface area contributed by atoms with Gasteiger partial charge in [0.1, 0.15) is 11.6 Å². The lowest BCUT2D eigenvalue weighted by atomic mass is 9.73. The number of aromatic nitrogens is 2. The summed E-state index contributed by atoms with van der Waals surface area (Å²) in [5.74, 6) is 0.194. The maximum Gasteiger partial charge on any atom is 0.236 e. The van der Waals surface area contributed by atoms with E-state index in [2.05, 4.69) is 26.3 Å². The molecule has 3 aromatic rings. The highest BCUT2D eigenvalue weighted by molar-refractivity contribution is 9.10. The molecule has 0 spiro atoms. The summed E-state index contributed by atoms with van der Waals surface area (Å²) in [6.45, 7) is 1.52. The Balaban J connectivity index is 1.58. The molecule has 1 fully saturated rings. The van der Waals surface area contributed by atoms with Gasteiger partial charge in [-0.15, -0.1) is 0 Å². The van der Waals surface area contributed by atoms with Crippen LogP contribution in [0.2, 0.25) is 0 Å². The Morgan fingerprint density at radius 3 is 2.48 bits per heavy atom. The fourth-order valence-electron chi connectivity index (χ4n) is 3.70. The number of carbonyl (C=O) groups excluding carboxylic acids is 1. The molecule has 0 unspecified atom stereocenters. The lowest BCUT2D eigenvalue weighted by Gasteiger charge is -2.36. The molecule has 150 valence electrons. The van der Waals surface area contributed by atoms with Crippen molar-refractivity contribution in [3.8, 4) is 0 Å². The van der Waals surface area contributed by atoms with Gasteiger partial charge in [0.25, 0.3) is 0 Å². The van der Waals surface area contributed by atoms with Gasteiger partial charge in [0.15, 0.2) is 0 Å². The number of ether oxygens (including phenoxy) is 1. The molecule has 29 heavy (non-hydrogen) atoms. The highest BCUT2D eigenvalue weighted by Crippen LogP contribution is 2.36. The smallest absolute Gasteiger partial charge is 0.236 e. The lowest BCUT2D eigenvalue weighted by Crippen LogP contribution is -2.45. The highest BCUT2D eigenvalue weighted by atomic mass is 79.9. The number of nitrogens with zero attached hydrogens (tertiary/aromatic N) is 2. The van der Waals surface area contributed by atoms with Crippen molar-refractivity contribution in [3.63, 3.8) is 0 Å². The van der Waals surface area contributed by atoms with Crippen LogP contribution in [-0.2, 0) is 21.5 Å². The minimum Gasteiger partial charge on any atom is -0.381 e. The van der Waals surface area contributed by atoms with Crippen molar-refractivity contribution in [1.82, 2.24) is 9.78 Å². The number of rotatable bonds is 5. The molecule has 0 atom stereocenters. The van der Waals surface area contributed by atoms with Crippen LogP contribution < -0.4 is 5.32 Å². The summed E-state index contributed by atoms with van der Waals surface area (Å²) in [6.07, 6.45) is 2.76. The van der Waals surface area contributed by atoms with Crippen LogP contribution >= 0.6 is 15.9 Å². The minimum atomic E-state index is -0.751. The number of carbonyl (C=O) groups is 1. The third-order valence-corrected chi connectivity index (χ3v) is 5.91. The van der Waals surface area contributed by atoms with Crippen molar-refractivity contribution in [2.75, 3.05) is 18.5 Å². The molecule has 0 bridgehead atoms. The van der Waals surface area contributed by atoms with Gasteiger partial charge in [-0.2, -0.15) is 5.10 Å². The van der Waals surface area contributed by atoms with E-state index in [-0.39, 0.29) is 11.7 Å². The van der Waals surface area contributed by atoms with Crippen molar-refractivity contribution in [1.29, 1.82) is 0 Å². The SMILES string of the molecule is O=C(Nc1ccnn1Cc1ccc(Br)cc1)C1(c2ccc(F)cc2)CCOCC1. The van der Waals surface area contributed by atoms with E-state index in [0.29, 0.717) is 38.4 Å². The maximum atomic E-state index is 13.4. The van der Waals surface area contributed by atoms with Crippen molar-refractivity contribution < 1.29 is 13.9 Å². The minimum absolute atomic E-state index is 0.120. The normalized spacial score (nSPS) is 15.8. The third kappa shape index (κ3) is 4.26. The van der Waals surface area contributed by atoms with Gasteiger partial charge in [-0.1, -0.05) is 40.2 Å². The second-order valence-corrected chi connectivity index (χ2v) is 8.07. The average Bonchev–Trinajstić information content (AvgIpc) is 3.17. The van der Waals surface area contributed by atoms with Gasteiger partial charge >= 0.3 is 0 Å². The highest BCUT2D eigenvalue weighted by Gasteiger charge is 2.42. The molecular weight excluding hydrogens is 437 g/mol. The summed E-state index contributed by atoms with van der Waals surface area (Å²) in [5, 5.41) is 7.40. The Morgan fingerprint density at radius 2 is 1.79 bits per heavy atom. The second-order valence-electron chi connectivity index (χ2n) is 7.16. The molecule has 1 amide bonds. The number of benzene rings is 2. The van der Waals surface area contributed by atoms with Gasteiger partial charge < -0.3 is 10.1 Å². The summed E-state index contributed by atoms with van der Waals surface area (Å²) in [7, 11) is 0. The van der Waals surface area contributed by atoms with E-state index in [9.17, 15) is 9.18 Å². The van der Waals surface area contributed by atoms with Gasteiger partial charge in [0.05, 0.1) is 18.2 Å². The molecule has 4 rings (SSSR count). The van der Waals surface area contributed by atoms with Gasteiger partial charge in [-0.3, -0.25) is 4.79 Å². The molecule has 5 nitrogen and oxygen atoms in total. The average molecular weight is 458 g/mol. The van der Waals surface area contributed by atoms with Crippen LogP contribution in [0, 0.1) is 5.82 Å².